The fourth-order valence-corrected chi connectivity index (χ4v) is 2.55. The molecule has 88 valence electrons. The molecule has 1 aromatic carbocycles. The van der Waals surface area contributed by atoms with E-state index in [0.29, 0.717) is 22.6 Å². The lowest BCUT2D eigenvalue weighted by Crippen LogP contribution is -2.22. The summed E-state index contributed by atoms with van der Waals surface area (Å²) in [7, 11) is 0. The highest BCUT2D eigenvalue weighted by atomic mass is 35.5. The van der Waals surface area contributed by atoms with Gasteiger partial charge >= 0.3 is 0 Å². The summed E-state index contributed by atoms with van der Waals surface area (Å²) in [5, 5.41) is 1.35. The Morgan fingerprint density at radius 3 is 2.81 bits per heavy atom. The Kier molecular flexibility index (Phi) is 3.75. The fraction of sp³-hybridized carbons (Fsp3) is 0.500. The largest absolute Gasteiger partial charge is 0.378 e. The quantitative estimate of drug-likeness (QED) is 0.884. The predicted octanol–water partition coefficient (Wildman–Crippen LogP) is 3.42. The van der Waals surface area contributed by atoms with Gasteiger partial charge in [-0.15, -0.1) is 0 Å². The molecule has 3 atom stereocenters. The maximum atomic E-state index is 6.21. The third-order valence-corrected chi connectivity index (χ3v) is 3.63. The number of hydrogen-bond donors (Lipinski definition) is 1. The number of nitrogens with two attached hydrogens (primary N) is 1. The molecular formula is C12H15Cl2NO. The molecule has 4 heteroatoms. The van der Waals surface area contributed by atoms with Crippen LogP contribution < -0.4 is 5.73 Å². The Bertz CT molecular complexity index is 383. The van der Waals surface area contributed by atoms with Gasteiger partial charge in [0.05, 0.1) is 12.7 Å². The van der Waals surface area contributed by atoms with Crippen LogP contribution in [-0.4, -0.2) is 12.7 Å². The molecule has 1 aliphatic rings. The molecule has 0 saturated carbocycles. The third-order valence-electron chi connectivity index (χ3n) is 3.05. The van der Waals surface area contributed by atoms with E-state index in [-0.39, 0.29) is 12.1 Å². The minimum absolute atomic E-state index is 0.101. The van der Waals surface area contributed by atoms with E-state index < -0.39 is 0 Å². The highest BCUT2D eigenvalue weighted by Gasteiger charge is 2.29. The molecule has 3 unspecified atom stereocenters. The smallest absolute Gasteiger partial charge is 0.0551 e. The zero-order valence-corrected chi connectivity index (χ0v) is 10.6. The van der Waals surface area contributed by atoms with E-state index in [0.717, 1.165) is 12.0 Å². The number of hydrogen-bond acceptors (Lipinski definition) is 2. The van der Waals surface area contributed by atoms with Crippen LogP contribution in [0.4, 0.5) is 0 Å². The van der Waals surface area contributed by atoms with Crippen molar-refractivity contribution in [3.8, 4) is 0 Å². The van der Waals surface area contributed by atoms with E-state index in [4.69, 9.17) is 33.7 Å². The second-order valence-electron chi connectivity index (χ2n) is 4.33. The lowest BCUT2D eigenvalue weighted by molar-refractivity contribution is 0.118. The van der Waals surface area contributed by atoms with Gasteiger partial charge in [0.2, 0.25) is 0 Å². The molecule has 1 aromatic rings. The van der Waals surface area contributed by atoms with Crippen molar-refractivity contribution in [2.75, 3.05) is 6.61 Å². The Morgan fingerprint density at radius 2 is 2.19 bits per heavy atom. The van der Waals surface area contributed by atoms with Gasteiger partial charge in [-0.1, -0.05) is 23.2 Å². The summed E-state index contributed by atoms with van der Waals surface area (Å²) >= 11 is 12.1. The van der Waals surface area contributed by atoms with E-state index >= 15 is 0 Å². The van der Waals surface area contributed by atoms with Crippen molar-refractivity contribution in [2.45, 2.75) is 25.5 Å². The minimum Gasteiger partial charge on any atom is -0.378 e. The lowest BCUT2D eigenvalue weighted by Gasteiger charge is -2.19. The Labute approximate surface area is 106 Å². The molecule has 2 rings (SSSR count). The average Bonchev–Trinajstić information content (AvgIpc) is 2.67. The molecule has 2 N–H and O–H groups in total. The van der Waals surface area contributed by atoms with Crippen LogP contribution in [0.5, 0.6) is 0 Å². The number of rotatable bonds is 2. The monoisotopic (exact) mass is 259 g/mol. The molecule has 1 saturated heterocycles. The van der Waals surface area contributed by atoms with Gasteiger partial charge in [-0.2, -0.15) is 0 Å². The molecule has 2 nitrogen and oxygen atoms in total. The Balaban J connectivity index is 2.20. The summed E-state index contributed by atoms with van der Waals surface area (Å²) in [5.74, 6) is 0.325. The number of ether oxygens (including phenoxy) is 1. The van der Waals surface area contributed by atoms with Crippen molar-refractivity contribution in [1.82, 2.24) is 0 Å². The van der Waals surface area contributed by atoms with E-state index in [2.05, 4.69) is 6.92 Å². The third kappa shape index (κ3) is 2.51. The number of halogens is 2. The van der Waals surface area contributed by atoms with Gasteiger partial charge < -0.3 is 10.5 Å². The predicted molar refractivity (Wildman–Crippen MR) is 66.9 cm³/mol. The molecule has 0 bridgehead atoms. The normalized spacial score (nSPS) is 27.0. The maximum absolute atomic E-state index is 6.21. The average molecular weight is 260 g/mol. The first kappa shape index (κ1) is 12.2. The van der Waals surface area contributed by atoms with E-state index in [1.807, 2.05) is 6.07 Å². The maximum Gasteiger partial charge on any atom is 0.0551 e. The summed E-state index contributed by atoms with van der Waals surface area (Å²) in [4.78, 5) is 0. The summed E-state index contributed by atoms with van der Waals surface area (Å²) in [5.41, 5.74) is 7.12. The zero-order valence-electron chi connectivity index (χ0n) is 9.12. The second kappa shape index (κ2) is 4.92. The second-order valence-corrected chi connectivity index (χ2v) is 5.17. The minimum atomic E-state index is -0.101. The molecule has 0 spiro atoms. The molecular weight excluding hydrogens is 245 g/mol. The van der Waals surface area contributed by atoms with Crippen LogP contribution in [0.3, 0.4) is 0 Å². The molecule has 16 heavy (non-hydrogen) atoms. The van der Waals surface area contributed by atoms with Crippen LogP contribution in [0.15, 0.2) is 18.2 Å². The van der Waals surface area contributed by atoms with Gasteiger partial charge in [0.1, 0.15) is 0 Å². The van der Waals surface area contributed by atoms with Gasteiger partial charge in [0, 0.05) is 22.0 Å². The molecule has 1 fully saturated rings. The van der Waals surface area contributed by atoms with Crippen LogP contribution in [0.1, 0.15) is 24.9 Å². The SMILES string of the molecule is CC1CC(C(N)c2cc(Cl)ccc2Cl)CO1. The Morgan fingerprint density at radius 1 is 1.44 bits per heavy atom. The molecule has 0 aromatic heterocycles. The van der Waals surface area contributed by atoms with E-state index in [1.165, 1.54) is 0 Å². The fourth-order valence-electron chi connectivity index (χ4n) is 2.12. The first-order valence-electron chi connectivity index (χ1n) is 5.40. The Hall–Kier alpha value is -0.280. The van der Waals surface area contributed by atoms with Gasteiger partial charge in [0.15, 0.2) is 0 Å². The van der Waals surface area contributed by atoms with Crippen molar-refractivity contribution in [2.24, 2.45) is 11.7 Å². The van der Waals surface area contributed by atoms with Crippen LogP contribution in [0.25, 0.3) is 0 Å². The molecule has 1 aliphatic heterocycles. The van der Waals surface area contributed by atoms with Crippen molar-refractivity contribution < 1.29 is 4.74 Å². The first-order chi connectivity index (χ1) is 7.58. The zero-order chi connectivity index (χ0) is 11.7. The first-order valence-corrected chi connectivity index (χ1v) is 6.15. The van der Waals surface area contributed by atoms with E-state index in [1.54, 1.807) is 12.1 Å². The van der Waals surface area contributed by atoms with Gasteiger partial charge in [-0.05, 0) is 37.1 Å². The summed E-state index contributed by atoms with van der Waals surface area (Å²) in [6, 6.07) is 5.31. The van der Waals surface area contributed by atoms with Crippen LogP contribution in [0.2, 0.25) is 10.0 Å². The van der Waals surface area contributed by atoms with Crippen molar-refractivity contribution >= 4 is 23.2 Å². The highest BCUT2D eigenvalue weighted by Crippen LogP contribution is 2.34. The molecule has 0 amide bonds. The standard InChI is InChI=1S/C12H15Cl2NO/c1-7-4-8(6-16-7)12(15)10-5-9(13)2-3-11(10)14/h2-3,5,7-8,12H,4,6,15H2,1H3. The van der Waals surface area contributed by atoms with Crippen molar-refractivity contribution in [3.05, 3.63) is 33.8 Å². The van der Waals surface area contributed by atoms with Gasteiger partial charge in [0.25, 0.3) is 0 Å². The highest BCUT2D eigenvalue weighted by molar-refractivity contribution is 6.33. The van der Waals surface area contributed by atoms with E-state index in [9.17, 15) is 0 Å². The van der Waals surface area contributed by atoms with Gasteiger partial charge in [-0.3, -0.25) is 0 Å². The molecule has 0 aliphatic carbocycles. The lowest BCUT2D eigenvalue weighted by atomic mass is 9.92. The van der Waals surface area contributed by atoms with Crippen molar-refractivity contribution in [1.29, 1.82) is 0 Å². The molecule has 0 radical (unpaired) electrons. The van der Waals surface area contributed by atoms with Crippen LogP contribution >= 0.6 is 23.2 Å². The van der Waals surface area contributed by atoms with Gasteiger partial charge in [-0.25, -0.2) is 0 Å². The summed E-state index contributed by atoms with van der Waals surface area (Å²) < 4.78 is 5.52. The summed E-state index contributed by atoms with van der Waals surface area (Å²) in [6.07, 6.45) is 1.26. The van der Waals surface area contributed by atoms with Crippen LogP contribution in [-0.2, 0) is 4.74 Å². The molecule has 1 heterocycles. The van der Waals surface area contributed by atoms with Crippen molar-refractivity contribution in [3.63, 3.8) is 0 Å². The van der Waals surface area contributed by atoms with Crippen LogP contribution in [0, 0.1) is 5.92 Å². The number of benzene rings is 1. The topological polar surface area (TPSA) is 35.2 Å². The summed E-state index contributed by atoms with van der Waals surface area (Å²) in [6.45, 7) is 2.76.